The highest BCUT2D eigenvalue weighted by Gasteiger charge is 2.20. The van der Waals surface area contributed by atoms with Crippen molar-refractivity contribution in [1.82, 2.24) is 0 Å². The molecule has 0 saturated carbocycles. The van der Waals surface area contributed by atoms with Gasteiger partial charge in [0.25, 0.3) is 0 Å². The number of rotatable bonds is 8. The zero-order chi connectivity index (χ0) is 18.6. The molecule has 136 valence electrons. The Morgan fingerprint density at radius 3 is 2.46 bits per heavy atom. The summed E-state index contributed by atoms with van der Waals surface area (Å²) in [7, 11) is -6.00. The standard InChI is InChI=1S/C16H24NO2.BF4/c1-4-5-10-17-11-6-8-15(13-17)9-7-12-19-16(18)14(2)3;2-1(3,4)5/h6,8,11,13H,2,4-5,7,9-10,12H2,1,3H3;/q+1;-1. The van der Waals surface area contributed by atoms with Crippen LogP contribution in [0.15, 0.2) is 36.7 Å². The first-order chi connectivity index (χ1) is 11.1. The molecule has 1 aromatic rings. The maximum Gasteiger partial charge on any atom is 0.673 e. The van der Waals surface area contributed by atoms with Crippen molar-refractivity contribution in [3.05, 3.63) is 42.2 Å². The molecule has 0 radical (unpaired) electrons. The molecule has 0 spiro atoms. The van der Waals surface area contributed by atoms with Gasteiger partial charge in [-0.05, 0) is 25.8 Å². The van der Waals surface area contributed by atoms with Crippen LogP contribution in [0.1, 0.15) is 38.7 Å². The molecule has 0 bridgehead atoms. The zero-order valence-corrected chi connectivity index (χ0v) is 14.1. The van der Waals surface area contributed by atoms with Gasteiger partial charge in [-0.15, -0.1) is 0 Å². The third kappa shape index (κ3) is 13.8. The Bertz CT molecular complexity index is 515. The molecule has 0 aromatic carbocycles. The minimum atomic E-state index is -6.00. The summed E-state index contributed by atoms with van der Waals surface area (Å²) in [5.74, 6) is -0.300. The molecule has 8 heteroatoms. The van der Waals surface area contributed by atoms with Crippen molar-refractivity contribution in [3.63, 3.8) is 0 Å². The van der Waals surface area contributed by atoms with E-state index in [0.717, 1.165) is 19.4 Å². The minimum Gasteiger partial charge on any atom is -0.462 e. The van der Waals surface area contributed by atoms with E-state index in [1.165, 1.54) is 18.4 Å². The Morgan fingerprint density at radius 2 is 1.92 bits per heavy atom. The quantitative estimate of drug-likeness (QED) is 0.176. The molecular formula is C16H24BF4NO2. The lowest BCUT2D eigenvalue weighted by atomic mass is 10.1. The molecule has 0 atom stereocenters. The first-order valence-electron chi connectivity index (χ1n) is 7.81. The summed E-state index contributed by atoms with van der Waals surface area (Å²) in [4.78, 5) is 11.2. The average Bonchev–Trinajstić information content (AvgIpc) is 2.48. The van der Waals surface area contributed by atoms with Crippen molar-refractivity contribution in [3.8, 4) is 0 Å². The van der Waals surface area contributed by atoms with Crippen LogP contribution >= 0.6 is 0 Å². The molecule has 0 aliphatic rings. The first-order valence-corrected chi connectivity index (χ1v) is 7.81. The molecule has 24 heavy (non-hydrogen) atoms. The van der Waals surface area contributed by atoms with E-state index in [-0.39, 0.29) is 5.97 Å². The Hall–Kier alpha value is -1.86. The molecule has 0 unspecified atom stereocenters. The van der Waals surface area contributed by atoms with Crippen molar-refractivity contribution >= 4 is 13.2 Å². The van der Waals surface area contributed by atoms with Gasteiger partial charge >= 0.3 is 13.2 Å². The fourth-order valence-corrected chi connectivity index (χ4v) is 1.77. The number of nitrogens with zero attached hydrogens (tertiary/aromatic N) is 1. The number of carbonyl (C=O) groups excluding carboxylic acids is 1. The number of carbonyl (C=O) groups is 1. The van der Waals surface area contributed by atoms with E-state index in [4.69, 9.17) is 4.74 Å². The third-order valence-electron chi connectivity index (χ3n) is 2.88. The smallest absolute Gasteiger partial charge is 0.462 e. The summed E-state index contributed by atoms with van der Waals surface area (Å²) < 4.78 is 46.3. The average molecular weight is 349 g/mol. The molecule has 0 N–H and O–H groups in total. The van der Waals surface area contributed by atoms with Gasteiger partial charge in [0.05, 0.1) is 6.61 Å². The van der Waals surface area contributed by atoms with Crippen LogP contribution in [0, 0.1) is 0 Å². The van der Waals surface area contributed by atoms with Crippen LogP contribution in [0.5, 0.6) is 0 Å². The molecule has 1 rings (SSSR count). The Balaban J connectivity index is 0.000000922. The van der Waals surface area contributed by atoms with Gasteiger partial charge in [-0.25, -0.2) is 9.36 Å². The number of hydrogen-bond donors (Lipinski definition) is 0. The lowest BCUT2D eigenvalue weighted by molar-refractivity contribution is -0.697. The van der Waals surface area contributed by atoms with E-state index in [0.29, 0.717) is 12.2 Å². The van der Waals surface area contributed by atoms with Crippen LogP contribution in [0.3, 0.4) is 0 Å². The van der Waals surface area contributed by atoms with Crippen LogP contribution in [-0.4, -0.2) is 19.8 Å². The predicted molar refractivity (Wildman–Crippen MR) is 85.8 cm³/mol. The van der Waals surface area contributed by atoms with E-state index in [2.05, 4.69) is 42.6 Å². The van der Waals surface area contributed by atoms with E-state index in [1.807, 2.05) is 0 Å². The number of hydrogen-bond acceptors (Lipinski definition) is 2. The monoisotopic (exact) mass is 349 g/mol. The highest BCUT2D eigenvalue weighted by molar-refractivity contribution is 6.50. The number of unbranched alkanes of at least 4 members (excludes halogenated alkanes) is 1. The fraction of sp³-hybridized carbons (Fsp3) is 0.500. The van der Waals surface area contributed by atoms with Gasteiger partial charge in [-0.1, -0.05) is 19.9 Å². The molecule has 0 aliphatic heterocycles. The van der Waals surface area contributed by atoms with Crippen molar-refractivity contribution in [1.29, 1.82) is 0 Å². The SMILES string of the molecule is C=C(C)C(=O)OCCCc1ccc[n+](CCCC)c1.F[B-](F)(F)F. The largest absolute Gasteiger partial charge is 0.673 e. The van der Waals surface area contributed by atoms with Gasteiger partial charge in [0.1, 0.15) is 6.54 Å². The van der Waals surface area contributed by atoms with Crippen LogP contribution < -0.4 is 4.57 Å². The summed E-state index contributed by atoms with van der Waals surface area (Å²) in [6, 6.07) is 4.19. The lowest BCUT2D eigenvalue weighted by Crippen LogP contribution is -2.33. The summed E-state index contributed by atoms with van der Waals surface area (Å²) in [6.45, 7) is 8.93. The Morgan fingerprint density at radius 1 is 1.29 bits per heavy atom. The highest BCUT2D eigenvalue weighted by Crippen LogP contribution is 2.06. The number of aromatic nitrogens is 1. The van der Waals surface area contributed by atoms with E-state index in [1.54, 1.807) is 6.92 Å². The van der Waals surface area contributed by atoms with Crippen LogP contribution in [-0.2, 0) is 22.5 Å². The summed E-state index contributed by atoms with van der Waals surface area (Å²) in [5.41, 5.74) is 1.74. The number of halogens is 4. The Labute approximate surface area is 140 Å². The van der Waals surface area contributed by atoms with Crippen LogP contribution in [0.2, 0.25) is 0 Å². The third-order valence-corrected chi connectivity index (χ3v) is 2.88. The molecule has 0 amide bonds. The topological polar surface area (TPSA) is 30.2 Å². The highest BCUT2D eigenvalue weighted by atomic mass is 19.5. The van der Waals surface area contributed by atoms with Crippen molar-refractivity contribution in [2.75, 3.05) is 6.61 Å². The number of pyridine rings is 1. The van der Waals surface area contributed by atoms with Gasteiger partial charge in [0.2, 0.25) is 0 Å². The summed E-state index contributed by atoms with van der Waals surface area (Å²) in [5, 5.41) is 0. The van der Waals surface area contributed by atoms with E-state index in [9.17, 15) is 22.1 Å². The fourth-order valence-electron chi connectivity index (χ4n) is 1.77. The van der Waals surface area contributed by atoms with Gasteiger partial charge < -0.3 is 22.0 Å². The van der Waals surface area contributed by atoms with Gasteiger partial charge in [-0.2, -0.15) is 0 Å². The predicted octanol–water partition coefficient (Wildman–Crippen LogP) is 4.13. The minimum absolute atomic E-state index is 0.300. The normalized spacial score (nSPS) is 10.6. The molecular weight excluding hydrogens is 325 g/mol. The second-order valence-corrected chi connectivity index (χ2v) is 5.32. The Kier molecular flexibility index (Phi) is 10.7. The van der Waals surface area contributed by atoms with Crippen molar-refractivity contribution in [2.45, 2.75) is 46.1 Å². The lowest BCUT2D eigenvalue weighted by Gasteiger charge is -2.04. The second kappa shape index (κ2) is 11.6. The van der Waals surface area contributed by atoms with Gasteiger partial charge in [0, 0.05) is 23.6 Å². The zero-order valence-electron chi connectivity index (χ0n) is 14.1. The molecule has 1 aromatic heterocycles. The van der Waals surface area contributed by atoms with E-state index >= 15 is 0 Å². The molecule has 1 heterocycles. The van der Waals surface area contributed by atoms with Gasteiger partial charge in [-0.3, -0.25) is 0 Å². The number of esters is 1. The van der Waals surface area contributed by atoms with E-state index < -0.39 is 7.25 Å². The number of aryl methyl sites for hydroxylation is 2. The molecule has 0 saturated heterocycles. The molecule has 0 aliphatic carbocycles. The second-order valence-electron chi connectivity index (χ2n) is 5.32. The van der Waals surface area contributed by atoms with Crippen LogP contribution in [0.25, 0.3) is 0 Å². The first kappa shape index (κ1) is 22.1. The summed E-state index contributed by atoms with van der Waals surface area (Å²) in [6.07, 6.45) is 8.45. The maximum absolute atomic E-state index is 11.2. The summed E-state index contributed by atoms with van der Waals surface area (Å²) >= 11 is 0. The van der Waals surface area contributed by atoms with Crippen LogP contribution in [0.4, 0.5) is 17.3 Å². The van der Waals surface area contributed by atoms with Crippen molar-refractivity contribution in [2.24, 2.45) is 0 Å². The van der Waals surface area contributed by atoms with Gasteiger partial charge in [0.15, 0.2) is 12.4 Å². The molecule has 0 fully saturated rings. The maximum atomic E-state index is 11.2. The number of ether oxygens (including phenoxy) is 1. The molecule has 3 nitrogen and oxygen atoms in total. The van der Waals surface area contributed by atoms with Crippen molar-refractivity contribution < 1.29 is 31.4 Å².